The van der Waals surface area contributed by atoms with Crippen molar-refractivity contribution in [1.29, 1.82) is 10.5 Å². The first-order chi connectivity index (χ1) is 23.7. The molecule has 0 fully saturated rings. The highest BCUT2D eigenvalue weighted by atomic mass is 15.0. The largest absolute Gasteiger partial charge is 0.309 e. The lowest BCUT2D eigenvalue weighted by molar-refractivity contribution is 1.18. The van der Waals surface area contributed by atoms with Gasteiger partial charge in [-0.3, -0.25) is 0 Å². The van der Waals surface area contributed by atoms with E-state index in [1.165, 1.54) is 0 Å². The van der Waals surface area contributed by atoms with E-state index in [0.29, 0.717) is 11.0 Å². The summed E-state index contributed by atoms with van der Waals surface area (Å²) in [4.78, 5) is 9.66. The molecule has 0 atom stereocenters. The maximum atomic E-state index is 10.00. The number of benzene rings is 7. The monoisotopic (exact) mass is 610 g/mol. The predicted molar refractivity (Wildman–Crippen MR) is 193 cm³/mol. The molecule has 10 rings (SSSR count). The van der Waals surface area contributed by atoms with E-state index in [-0.39, 0.29) is 11.4 Å². The summed E-state index contributed by atoms with van der Waals surface area (Å²) in [6.07, 6.45) is 0. The van der Waals surface area contributed by atoms with Crippen LogP contribution in [0.25, 0.3) is 87.6 Å². The normalized spacial score (nSPS) is 11.7. The van der Waals surface area contributed by atoms with Crippen molar-refractivity contribution < 1.29 is 0 Å². The fourth-order valence-electron chi connectivity index (χ4n) is 7.55. The van der Waals surface area contributed by atoms with Crippen molar-refractivity contribution >= 4 is 76.2 Å². The summed E-state index contributed by atoms with van der Waals surface area (Å²) in [7, 11) is 0. The molecule has 0 amide bonds. The number of fused-ring (bicyclic) bond motifs is 12. The topological polar surface area (TPSA) is 83.2 Å². The molecule has 0 saturated carbocycles. The van der Waals surface area contributed by atoms with E-state index in [0.717, 1.165) is 76.5 Å². The van der Waals surface area contributed by atoms with Gasteiger partial charge in [-0.05, 0) is 71.4 Å². The number of rotatable bonds is 2. The van der Waals surface area contributed by atoms with Crippen LogP contribution < -0.4 is 0 Å². The molecule has 0 N–H and O–H groups in total. The van der Waals surface area contributed by atoms with Gasteiger partial charge in [-0.1, -0.05) is 72.8 Å². The van der Waals surface area contributed by atoms with Crippen molar-refractivity contribution in [1.82, 2.24) is 19.1 Å². The van der Waals surface area contributed by atoms with Gasteiger partial charge in [0.1, 0.15) is 12.1 Å². The number of hydrogen-bond donors (Lipinski definition) is 0. The lowest BCUT2D eigenvalue weighted by atomic mass is 9.96. The Bertz CT molecular complexity index is 2860. The van der Waals surface area contributed by atoms with Crippen LogP contribution in [0, 0.1) is 22.7 Å². The van der Waals surface area contributed by atoms with Gasteiger partial charge in [0.25, 0.3) is 0 Å². The first-order valence-electron chi connectivity index (χ1n) is 15.7. The van der Waals surface area contributed by atoms with Gasteiger partial charge in [-0.2, -0.15) is 10.5 Å². The third kappa shape index (κ3) is 3.49. The fourth-order valence-corrected chi connectivity index (χ4v) is 7.55. The summed E-state index contributed by atoms with van der Waals surface area (Å²) >= 11 is 0. The van der Waals surface area contributed by atoms with Crippen molar-refractivity contribution in [2.45, 2.75) is 0 Å². The Hall–Kier alpha value is -7.02. The van der Waals surface area contributed by atoms with Crippen LogP contribution in [-0.2, 0) is 0 Å². The van der Waals surface area contributed by atoms with E-state index in [9.17, 15) is 10.5 Å². The Kier molecular flexibility index (Phi) is 5.32. The standard InChI is InChI=1S/C42H22N6/c43-23-35-36(24-44)46-42-34-20-32-28-16-8-10-18-38(28)48(26-13-5-2-6-14-26)40(32)22-30(34)29-21-39-31(19-33(29)41(42)45-35)27-15-7-9-17-37(27)47(39)25-11-3-1-4-12-25/h1-22H. The molecular weight excluding hydrogens is 589 g/mol. The fraction of sp³-hybridized carbons (Fsp3) is 0. The summed E-state index contributed by atoms with van der Waals surface area (Å²) in [5, 5.41) is 28.2. The number of hydrogen-bond acceptors (Lipinski definition) is 4. The maximum Gasteiger partial charge on any atom is 0.177 e. The molecule has 48 heavy (non-hydrogen) atoms. The van der Waals surface area contributed by atoms with Crippen LogP contribution in [0.2, 0.25) is 0 Å². The molecular formula is C42H22N6. The van der Waals surface area contributed by atoms with Crippen molar-refractivity contribution in [2.24, 2.45) is 0 Å². The molecule has 0 aliphatic rings. The molecule has 3 aromatic heterocycles. The molecule has 10 aromatic rings. The smallest absolute Gasteiger partial charge is 0.177 e. The quantitative estimate of drug-likeness (QED) is 0.182. The molecule has 6 nitrogen and oxygen atoms in total. The minimum Gasteiger partial charge on any atom is -0.309 e. The van der Waals surface area contributed by atoms with E-state index >= 15 is 0 Å². The average molecular weight is 611 g/mol. The van der Waals surface area contributed by atoms with E-state index in [1.807, 2.05) is 12.1 Å². The Morgan fingerprint density at radius 3 is 1.19 bits per heavy atom. The van der Waals surface area contributed by atoms with Gasteiger partial charge in [-0.25, -0.2) is 9.97 Å². The number of nitriles is 2. The van der Waals surface area contributed by atoms with E-state index in [4.69, 9.17) is 9.97 Å². The second-order valence-electron chi connectivity index (χ2n) is 12.0. The third-order valence-corrected chi connectivity index (χ3v) is 9.56. The van der Waals surface area contributed by atoms with E-state index in [1.54, 1.807) is 0 Å². The Balaban J connectivity index is 1.47. The Labute approximate surface area is 273 Å². The summed E-state index contributed by atoms with van der Waals surface area (Å²) in [5.74, 6) is 0. The number of aromatic nitrogens is 4. The molecule has 0 saturated heterocycles. The van der Waals surface area contributed by atoms with Gasteiger partial charge >= 0.3 is 0 Å². The summed E-state index contributed by atoms with van der Waals surface area (Å²) in [5.41, 5.74) is 7.76. The molecule has 0 aliphatic carbocycles. The summed E-state index contributed by atoms with van der Waals surface area (Å²) in [6.45, 7) is 0. The van der Waals surface area contributed by atoms with Gasteiger partial charge in [-0.15, -0.1) is 0 Å². The second-order valence-corrected chi connectivity index (χ2v) is 12.0. The second kappa shape index (κ2) is 9.74. The molecule has 7 aromatic carbocycles. The van der Waals surface area contributed by atoms with Crippen molar-refractivity contribution in [2.75, 3.05) is 0 Å². The first-order valence-corrected chi connectivity index (χ1v) is 15.7. The predicted octanol–water partition coefficient (Wildman–Crippen LogP) is 9.87. The maximum absolute atomic E-state index is 10.00. The molecule has 0 spiro atoms. The van der Waals surface area contributed by atoms with Gasteiger partial charge in [0.15, 0.2) is 11.4 Å². The molecule has 3 heterocycles. The van der Waals surface area contributed by atoms with Crippen LogP contribution in [0.3, 0.4) is 0 Å². The van der Waals surface area contributed by atoms with Crippen LogP contribution in [-0.4, -0.2) is 19.1 Å². The van der Waals surface area contributed by atoms with Gasteiger partial charge in [0, 0.05) is 43.7 Å². The highest BCUT2D eigenvalue weighted by Gasteiger charge is 2.21. The lowest BCUT2D eigenvalue weighted by Gasteiger charge is -2.13. The molecule has 0 radical (unpaired) electrons. The third-order valence-electron chi connectivity index (χ3n) is 9.56. The van der Waals surface area contributed by atoms with Crippen molar-refractivity contribution in [3.8, 4) is 23.5 Å². The van der Waals surface area contributed by atoms with Crippen molar-refractivity contribution in [3.05, 3.63) is 145 Å². The SMILES string of the molecule is N#Cc1nc2c3cc4c5ccccc5n(-c5ccccc5)c4cc3c3cc4c(cc3c2nc1C#N)c1ccccc1n4-c1ccccc1. The minimum atomic E-state index is 0.0271. The molecule has 0 unspecified atom stereocenters. The van der Waals surface area contributed by atoms with Gasteiger partial charge in [0.05, 0.1) is 33.1 Å². The summed E-state index contributed by atoms with van der Waals surface area (Å²) < 4.78 is 4.62. The Morgan fingerprint density at radius 1 is 0.375 bits per heavy atom. The van der Waals surface area contributed by atoms with Crippen LogP contribution in [0.4, 0.5) is 0 Å². The molecule has 6 heteroatoms. The molecule has 0 aliphatic heterocycles. The van der Waals surface area contributed by atoms with E-state index < -0.39 is 0 Å². The van der Waals surface area contributed by atoms with E-state index in [2.05, 4.69) is 143 Å². The van der Waals surface area contributed by atoms with Gasteiger partial charge in [0.2, 0.25) is 0 Å². The van der Waals surface area contributed by atoms with Crippen LogP contribution >= 0.6 is 0 Å². The van der Waals surface area contributed by atoms with Crippen LogP contribution in [0.5, 0.6) is 0 Å². The molecule has 0 bridgehead atoms. The highest BCUT2D eigenvalue weighted by molar-refractivity contribution is 6.30. The van der Waals surface area contributed by atoms with Gasteiger partial charge < -0.3 is 9.13 Å². The first kappa shape index (κ1) is 26.2. The summed E-state index contributed by atoms with van der Waals surface area (Å²) in [6, 6.07) is 50.8. The average Bonchev–Trinajstić information content (AvgIpc) is 3.65. The Morgan fingerprint density at radius 2 is 0.771 bits per heavy atom. The zero-order chi connectivity index (χ0) is 31.9. The molecule has 220 valence electrons. The zero-order valence-corrected chi connectivity index (χ0v) is 25.4. The highest BCUT2D eigenvalue weighted by Crippen LogP contribution is 2.43. The zero-order valence-electron chi connectivity index (χ0n) is 25.4. The van der Waals surface area contributed by atoms with Crippen LogP contribution in [0.1, 0.15) is 11.4 Å². The number of para-hydroxylation sites is 4. The number of nitrogens with zero attached hydrogens (tertiary/aromatic N) is 6. The van der Waals surface area contributed by atoms with Crippen molar-refractivity contribution in [3.63, 3.8) is 0 Å². The van der Waals surface area contributed by atoms with Crippen LogP contribution in [0.15, 0.2) is 133 Å². The minimum absolute atomic E-state index is 0.0271. The lowest BCUT2D eigenvalue weighted by Crippen LogP contribution is -1.98.